The lowest BCUT2D eigenvalue weighted by Crippen LogP contribution is -2.25. The van der Waals surface area contributed by atoms with Gasteiger partial charge in [0, 0.05) is 12.2 Å². The molecule has 0 spiro atoms. The van der Waals surface area contributed by atoms with E-state index >= 15 is 0 Å². The number of fused-ring (bicyclic) bond motifs is 3. The Morgan fingerprint density at radius 2 is 1.95 bits per heavy atom. The van der Waals surface area contributed by atoms with E-state index in [1.165, 1.54) is 17.3 Å². The lowest BCUT2D eigenvalue weighted by atomic mass is 10.2. The van der Waals surface area contributed by atoms with Crippen molar-refractivity contribution < 1.29 is 4.79 Å². The predicted octanol–water partition coefficient (Wildman–Crippen LogP) is 3.57. The van der Waals surface area contributed by atoms with E-state index in [0.29, 0.717) is 6.54 Å². The van der Waals surface area contributed by atoms with E-state index in [2.05, 4.69) is 29.4 Å². The first-order valence-corrected chi connectivity index (χ1v) is 8.09. The van der Waals surface area contributed by atoms with Crippen LogP contribution in [0, 0.1) is 6.92 Å². The van der Waals surface area contributed by atoms with Crippen LogP contribution in [-0.2, 0) is 0 Å². The molecule has 4 rings (SSSR count). The highest BCUT2D eigenvalue weighted by Gasteiger charge is 2.34. The molecular weight excluding hydrogens is 294 g/mol. The number of nitrogens with zero attached hydrogens (tertiary/aromatic N) is 2. The van der Waals surface area contributed by atoms with Crippen molar-refractivity contribution in [1.29, 1.82) is 0 Å². The molecule has 0 aliphatic carbocycles. The van der Waals surface area contributed by atoms with Gasteiger partial charge in [-0.05, 0) is 31.2 Å². The first kappa shape index (κ1) is 13.4. The van der Waals surface area contributed by atoms with Crippen molar-refractivity contribution in [1.82, 2.24) is 9.55 Å². The Balaban J connectivity index is 1.53. The summed E-state index contributed by atoms with van der Waals surface area (Å²) in [5.41, 5.74) is 4.04. The van der Waals surface area contributed by atoms with Gasteiger partial charge in [0.25, 0.3) is 0 Å². The highest BCUT2D eigenvalue weighted by atomic mass is 32.2. The fourth-order valence-corrected chi connectivity index (χ4v) is 3.70. The van der Waals surface area contributed by atoms with Gasteiger partial charge in [-0.3, -0.25) is 9.36 Å². The fourth-order valence-electron chi connectivity index (χ4n) is 2.63. The van der Waals surface area contributed by atoms with Crippen LogP contribution in [0.4, 0.5) is 5.69 Å². The van der Waals surface area contributed by atoms with Crippen LogP contribution in [-0.4, -0.2) is 27.3 Å². The van der Waals surface area contributed by atoms with Gasteiger partial charge in [-0.1, -0.05) is 41.6 Å². The molecule has 4 nitrogen and oxygen atoms in total. The fraction of sp³-hybridized carbons (Fsp3) is 0.176. The summed E-state index contributed by atoms with van der Waals surface area (Å²) < 4.78 is 1.74. The standard InChI is InChI=1S/C17H15N3OS/c1-11-6-8-12(9-7-11)18-10-15-16(21)20-14-5-3-2-4-13(14)19-17(20)22-15/h2-9,15,18H,10H2,1H3. The summed E-state index contributed by atoms with van der Waals surface area (Å²) in [7, 11) is 0. The molecule has 0 saturated heterocycles. The number of anilines is 1. The number of rotatable bonds is 3. The first-order valence-electron chi connectivity index (χ1n) is 7.21. The maximum atomic E-state index is 12.6. The molecule has 5 heteroatoms. The Kier molecular flexibility index (Phi) is 3.15. The lowest BCUT2D eigenvalue weighted by Gasteiger charge is -2.10. The van der Waals surface area contributed by atoms with Gasteiger partial charge in [0.1, 0.15) is 5.25 Å². The van der Waals surface area contributed by atoms with Crippen molar-refractivity contribution >= 4 is 34.4 Å². The summed E-state index contributed by atoms with van der Waals surface area (Å²) in [5.74, 6) is 0.105. The Hall–Kier alpha value is -2.27. The number of para-hydroxylation sites is 2. The number of nitrogens with one attached hydrogen (secondary N) is 1. The van der Waals surface area contributed by atoms with E-state index in [0.717, 1.165) is 21.9 Å². The van der Waals surface area contributed by atoms with E-state index in [1.807, 2.05) is 36.4 Å². The van der Waals surface area contributed by atoms with Crippen molar-refractivity contribution in [2.75, 3.05) is 11.9 Å². The Bertz CT molecular complexity index is 854. The van der Waals surface area contributed by atoms with E-state index < -0.39 is 0 Å². The number of hydrogen-bond acceptors (Lipinski definition) is 4. The smallest absolute Gasteiger partial charge is 0.248 e. The third-order valence-corrected chi connectivity index (χ3v) is 4.95. The third kappa shape index (κ3) is 2.18. The van der Waals surface area contributed by atoms with Crippen LogP contribution in [0.2, 0.25) is 0 Å². The molecule has 0 saturated carbocycles. The molecule has 1 aliphatic rings. The molecule has 3 aromatic rings. The number of imidazole rings is 1. The Labute approximate surface area is 132 Å². The van der Waals surface area contributed by atoms with Crippen molar-refractivity contribution in [2.45, 2.75) is 17.3 Å². The van der Waals surface area contributed by atoms with Crippen LogP contribution in [0.15, 0.2) is 53.7 Å². The molecule has 22 heavy (non-hydrogen) atoms. The number of hydrogen-bond donors (Lipinski definition) is 1. The van der Waals surface area contributed by atoms with Crippen LogP contribution in [0.3, 0.4) is 0 Å². The first-order chi connectivity index (χ1) is 10.7. The Morgan fingerprint density at radius 3 is 2.77 bits per heavy atom. The minimum Gasteiger partial charge on any atom is -0.383 e. The summed E-state index contributed by atoms with van der Waals surface area (Å²) in [6.07, 6.45) is 0. The summed E-state index contributed by atoms with van der Waals surface area (Å²) >= 11 is 1.53. The molecular formula is C17H15N3OS. The van der Waals surface area contributed by atoms with Crippen molar-refractivity contribution in [3.05, 3.63) is 54.1 Å². The van der Waals surface area contributed by atoms with Gasteiger partial charge in [0.2, 0.25) is 5.91 Å². The van der Waals surface area contributed by atoms with E-state index in [-0.39, 0.29) is 11.2 Å². The zero-order chi connectivity index (χ0) is 15.1. The number of aromatic nitrogens is 2. The van der Waals surface area contributed by atoms with Gasteiger partial charge in [0.15, 0.2) is 5.16 Å². The van der Waals surface area contributed by atoms with Crippen LogP contribution >= 0.6 is 11.8 Å². The minimum absolute atomic E-state index is 0.105. The van der Waals surface area contributed by atoms with Crippen LogP contribution < -0.4 is 5.32 Å². The molecule has 1 aromatic heterocycles. The number of aryl methyl sites for hydroxylation is 1. The van der Waals surface area contributed by atoms with Crippen LogP contribution in [0.25, 0.3) is 11.0 Å². The molecule has 2 heterocycles. The van der Waals surface area contributed by atoms with Crippen LogP contribution in [0.1, 0.15) is 10.4 Å². The monoisotopic (exact) mass is 309 g/mol. The molecule has 1 aliphatic heterocycles. The molecule has 1 unspecified atom stereocenters. The third-order valence-electron chi connectivity index (χ3n) is 3.82. The largest absolute Gasteiger partial charge is 0.383 e. The second-order valence-corrected chi connectivity index (χ2v) is 6.58. The predicted molar refractivity (Wildman–Crippen MR) is 89.7 cm³/mol. The normalized spacial score (nSPS) is 17.0. The van der Waals surface area contributed by atoms with Crippen molar-refractivity contribution in [2.24, 2.45) is 0 Å². The van der Waals surface area contributed by atoms with Crippen molar-refractivity contribution in [3.63, 3.8) is 0 Å². The summed E-state index contributed by atoms with van der Waals surface area (Å²) in [5, 5.41) is 4.00. The molecule has 2 aromatic carbocycles. The topological polar surface area (TPSA) is 46.9 Å². The van der Waals surface area contributed by atoms with Gasteiger partial charge >= 0.3 is 0 Å². The highest BCUT2D eigenvalue weighted by Crippen LogP contribution is 2.34. The molecule has 0 amide bonds. The molecule has 1 atom stereocenters. The Morgan fingerprint density at radius 1 is 1.18 bits per heavy atom. The summed E-state index contributed by atoms with van der Waals surface area (Å²) in [6, 6.07) is 16.0. The zero-order valence-corrected chi connectivity index (χ0v) is 12.9. The minimum atomic E-state index is -0.131. The molecule has 0 bridgehead atoms. The maximum Gasteiger partial charge on any atom is 0.248 e. The summed E-state index contributed by atoms with van der Waals surface area (Å²) in [4.78, 5) is 17.1. The van der Waals surface area contributed by atoms with Crippen LogP contribution in [0.5, 0.6) is 0 Å². The zero-order valence-electron chi connectivity index (χ0n) is 12.1. The second kappa shape index (κ2) is 5.18. The van der Waals surface area contributed by atoms with Gasteiger partial charge in [0.05, 0.1) is 11.0 Å². The van der Waals surface area contributed by atoms with Gasteiger partial charge in [-0.15, -0.1) is 0 Å². The lowest BCUT2D eigenvalue weighted by molar-refractivity contribution is 0.0918. The molecule has 0 fully saturated rings. The van der Waals surface area contributed by atoms with E-state index in [1.54, 1.807) is 4.57 Å². The second-order valence-electron chi connectivity index (χ2n) is 5.41. The SMILES string of the molecule is Cc1ccc(NCC2Sc3nc4ccccc4n3C2=O)cc1. The number of carbonyl (C=O) groups excluding carboxylic acids is 1. The molecule has 1 N–H and O–H groups in total. The van der Waals surface area contributed by atoms with Gasteiger partial charge in [-0.25, -0.2) is 4.98 Å². The quantitative estimate of drug-likeness (QED) is 0.803. The van der Waals surface area contributed by atoms with E-state index in [9.17, 15) is 4.79 Å². The van der Waals surface area contributed by atoms with E-state index in [4.69, 9.17) is 0 Å². The highest BCUT2D eigenvalue weighted by molar-refractivity contribution is 8.01. The average molecular weight is 309 g/mol. The number of thioether (sulfide) groups is 1. The summed E-state index contributed by atoms with van der Waals surface area (Å²) in [6.45, 7) is 2.66. The van der Waals surface area contributed by atoms with Gasteiger partial charge < -0.3 is 5.32 Å². The number of benzene rings is 2. The van der Waals surface area contributed by atoms with Gasteiger partial charge in [-0.2, -0.15) is 0 Å². The molecule has 0 radical (unpaired) electrons. The molecule has 110 valence electrons. The average Bonchev–Trinajstić information content (AvgIpc) is 3.04. The van der Waals surface area contributed by atoms with Crippen molar-refractivity contribution in [3.8, 4) is 0 Å². The maximum absolute atomic E-state index is 12.6. The number of carbonyl (C=O) groups is 1.